The minimum absolute atomic E-state index is 0.00698. The van der Waals surface area contributed by atoms with Gasteiger partial charge in [-0.25, -0.2) is 0 Å². The Labute approximate surface area is 166 Å². The predicted molar refractivity (Wildman–Crippen MR) is 112 cm³/mol. The highest BCUT2D eigenvalue weighted by molar-refractivity contribution is 6.10. The van der Waals surface area contributed by atoms with E-state index in [1.54, 1.807) is 0 Å². The highest BCUT2D eigenvalue weighted by atomic mass is 16.2. The number of rotatable bonds is 5. The van der Waals surface area contributed by atoms with E-state index in [2.05, 4.69) is 15.2 Å². The Hall–Kier alpha value is -2.14. The maximum absolute atomic E-state index is 13.0. The second kappa shape index (κ2) is 8.48. The second-order valence-corrected chi connectivity index (χ2v) is 8.51. The van der Waals surface area contributed by atoms with E-state index in [1.165, 1.54) is 19.3 Å². The summed E-state index contributed by atoms with van der Waals surface area (Å²) in [6.07, 6.45) is 7.86. The zero-order valence-electron chi connectivity index (χ0n) is 16.8. The molecule has 0 spiro atoms. The van der Waals surface area contributed by atoms with E-state index in [4.69, 9.17) is 0 Å². The number of aryl methyl sites for hydroxylation is 1. The Balaban J connectivity index is 1.38. The molecule has 5 nitrogen and oxygen atoms in total. The molecular weight excluding hydrogens is 350 g/mol. The lowest BCUT2D eigenvalue weighted by Gasteiger charge is -2.33. The summed E-state index contributed by atoms with van der Waals surface area (Å²) in [5.41, 5.74) is 2.73. The molecule has 1 aliphatic heterocycles. The van der Waals surface area contributed by atoms with E-state index in [0.29, 0.717) is 19.1 Å². The molecule has 2 aromatic rings. The molecule has 1 saturated carbocycles. The molecule has 2 aliphatic rings. The fraction of sp³-hybridized carbons (Fsp3) is 0.565. The van der Waals surface area contributed by atoms with Crippen LogP contribution in [0.25, 0.3) is 10.9 Å². The zero-order chi connectivity index (χ0) is 19.5. The first-order chi connectivity index (χ1) is 13.6. The van der Waals surface area contributed by atoms with Gasteiger partial charge in [0.05, 0.1) is 12.5 Å². The molecule has 1 aromatic carbocycles. The van der Waals surface area contributed by atoms with Crippen LogP contribution >= 0.6 is 0 Å². The number of carbonyl (C=O) groups is 2. The number of ketones is 1. The van der Waals surface area contributed by atoms with Gasteiger partial charge in [-0.15, -0.1) is 0 Å². The maximum atomic E-state index is 13.0. The van der Waals surface area contributed by atoms with Gasteiger partial charge >= 0.3 is 0 Å². The molecule has 2 heterocycles. The van der Waals surface area contributed by atoms with E-state index in [1.807, 2.05) is 31.2 Å². The van der Waals surface area contributed by atoms with Crippen molar-refractivity contribution in [3.63, 3.8) is 0 Å². The Bertz CT molecular complexity index is 851. The average Bonchev–Trinajstić information content (AvgIpc) is 3.04. The molecule has 1 unspecified atom stereocenters. The van der Waals surface area contributed by atoms with Crippen LogP contribution in [0, 0.1) is 12.8 Å². The van der Waals surface area contributed by atoms with Gasteiger partial charge in [-0.3, -0.25) is 14.5 Å². The van der Waals surface area contributed by atoms with Crippen molar-refractivity contribution in [3.05, 3.63) is 35.5 Å². The number of nitrogens with zero attached hydrogens (tertiary/aromatic N) is 1. The van der Waals surface area contributed by atoms with Crippen molar-refractivity contribution in [2.75, 3.05) is 19.6 Å². The van der Waals surface area contributed by atoms with Crippen molar-refractivity contribution in [1.82, 2.24) is 15.2 Å². The molecule has 2 fully saturated rings. The maximum Gasteiger partial charge on any atom is 0.224 e. The van der Waals surface area contributed by atoms with Gasteiger partial charge in [0.15, 0.2) is 5.78 Å². The first kappa shape index (κ1) is 19.2. The molecule has 4 rings (SSSR count). The van der Waals surface area contributed by atoms with Crippen molar-refractivity contribution in [2.24, 2.45) is 5.92 Å². The number of aromatic amines is 1. The van der Waals surface area contributed by atoms with E-state index in [9.17, 15) is 9.59 Å². The average molecular weight is 382 g/mol. The molecule has 2 N–H and O–H groups in total. The first-order valence-electron chi connectivity index (χ1n) is 10.7. The molecule has 5 heteroatoms. The molecule has 1 saturated heterocycles. The summed E-state index contributed by atoms with van der Waals surface area (Å²) in [6, 6.07) is 8.31. The number of benzene rings is 1. The summed E-state index contributed by atoms with van der Waals surface area (Å²) in [7, 11) is 0. The Kier molecular flexibility index (Phi) is 5.81. The third kappa shape index (κ3) is 4.14. The molecular formula is C23H31N3O2. The summed E-state index contributed by atoms with van der Waals surface area (Å²) >= 11 is 0. The number of likely N-dealkylation sites (tertiary alicyclic amines) is 1. The van der Waals surface area contributed by atoms with Crippen LogP contribution < -0.4 is 5.32 Å². The van der Waals surface area contributed by atoms with E-state index >= 15 is 0 Å². The summed E-state index contributed by atoms with van der Waals surface area (Å²) in [4.78, 5) is 31.2. The number of amides is 1. The van der Waals surface area contributed by atoms with Crippen LogP contribution in [0.2, 0.25) is 0 Å². The minimum atomic E-state index is 0.00698. The van der Waals surface area contributed by atoms with Crippen LogP contribution in [0.4, 0.5) is 0 Å². The van der Waals surface area contributed by atoms with Crippen molar-refractivity contribution in [3.8, 4) is 0 Å². The standard InChI is InChI=1S/C23H31N3O2/c1-16-22(19-11-5-6-12-20(19)24-16)21(27)15-26-13-7-8-17(14-26)23(28)25-18-9-3-2-4-10-18/h5-6,11-12,17-18,24H,2-4,7-10,13-15H2,1H3,(H,25,28). The lowest BCUT2D eigenvalue weighted by Crippen LogP contribution is -2.47. The number of Topliss-reactive ketones (excluding diaryl/α,β-unsaturated/α-hetero) is 1. The number of carbonyl (C=O) groups excluding carboxylic acids is 2. The fourth-order valence-electron chi connectivity index (χ4n) is 4.90. The van der Waals surface area contributed by atoms with E-state index in [0.717, 1.165) is 54.4 Å². The van der Waals surface area contributed by atoms with Crippen molar-refractivity contribution >= 4 is 22.6 Å². The van der Waals surface area contributed by atoms with Gasteiger partial charge in [0.25, 0.3) is 0 Å². The second-order valence-electron chi connectivity index (χ2n) is 8.51. The van der Waals surface area contributed by atoms with Crippen LogP contribution in [-0.2, 0) is 4.79 Å². The van der Waals surface area contributed by atoms with Crippen LogP contribution in [-0.4, -0.2) is 47.3 Å². The summed E-state index contributed by atoms with van der Waals surface area (Å²) in [5.74, 6) is 0.336. The number of nitrogens with one attached hydrogen (secondary N) is 2. The molecule has 28 heavy (non-hydrogen) atoms. The van der Waals surface area contributed by atoms with Gasteiger partial charge in [-0.1, -0.05) is 37.5 Å². The predicted octanol–water partition coefficient (Wildman–Crippen LogP) is 3.82. The van der Waals surface area contributed by atoms with Gasteiger partial charge in [-0.2, -0.15) is 0 Å². The SMILES string of the molecule is Cc1[nH]c2ccccc2c1C(=O)CN1CCCC(C(=O)NC2CCCCC2)C1. The minimum Gasteiger partial charge on any atom is -0.358 e. The molecule has 1 atom stereocenters. The highest BCUT2D eigenvalue weighted by Crippen LogP contribution is 2.24. The van der Waals surface area contributed by atoms with E-state index in [-0.39, 0.29) is 17.6 Å². The number of hydrogen-bond acceptors (Lipinski definition) is 3. The summed E-state index contributed by atoms with van der Waals surface area (Å²) < 4.78 is 0. The molecule has 0 radical (unpaired) electrons. The lowest BCUT2D eigenvalue weighted by molar-refractivity contribution is -0.127. The zero-order valence-corrected chi connectivity index (χ0v) is 16.8. The molecule has 1 aliphatic carbocycles. The Morgan fingerprint density at radius 2 is 1.89 bits per heavy atom. The van der Waals surface area contributed by atoms with Gasteiger partial charge in [0, 0.05) is 34.7 Å². The fourth-order valence-corrected chi connectivity index (χ4v) is 4.90. The van der Waals surface area contributed by atoms with Gasteiger partial charge in [-0.05, 0) is 45.2 Å². The molecule has 0 bridgehead atoms. The number of H-pyrrole nitrogens is 1. The smallest absolute Gasteiger partial charge is 0.224 e. The quantitative estimate of drug-likeness (QED) is 0.774. The third-order valence-corrected chi connectivity index (χ3v) is 6.37. The van der Waals surface area contributed by atoms with Crippen LogP contribution in [0.1, 0.15) is 61.0 Å². The molecule has 150 valence electrons. The van der Waals surface area contributed by atoms with Crippen molar-refractivity contribution < 1.29 is 9.59 Å². The summed E-state index contributed by atoms with van der Waals surface area (Å²) in [6.45, 7) is 3.92. The van der Waals surface area contributed by atoms with Gasteiger partial charge in [0.1, 0.15) is 0 Å². The highest BCUT2D eigenvalue weighted by Gasteiger charge is 2.29. The lowest BCUT2D eigenvalue weighted by atomic mass is 9.92. The number of fused-ring (bicyclic) bond motifs is 1. The Morgan fingerprint density at radius 1 is 1.11 bits per heavy atom. The Morgan fingerprint density at radius 3 is 2.71 bits per heavy atom. The molecule has 1 amide bonds. The van der Waals surface area contributed by atoms with Gasteiger partial charge < -0.3 is 10.3 Å². The number of aromatic nitrogens is 1. The van der Waals surface area contributed by atoms with Crippen LogP contribution in [0.3, 0.4) is 0 Å². The normalized spacial score (nSPS) is 21.7. The number of para-hydroxylation sites is 1. The first-order valence-corrected chi connectivity index (χ1v) is 10.7. The monoisotopic (exact) mass is 381 g/mol. The number of piperidine rings is 1. The number of hydrogen-bond donors (Lipinski definition) is 2. The van der Waals surface area contributed by atoms with E-state index < -0.39 is 0 Å². The van der Waals surface area contributed by atoms with Crippen LogP contribution in [0.15, 0.2) is 24.3 Å². The van der Waals surface area contributed by atoms with Gasteiger partial charge in [0.2, 0.25) is 5.91 Å². The third-order valence-electron chi connectivity index (χ3n) is 6.37. The molecule has 1 aromatic heterocycles. The van der Waals surface area contributed by atoms with Crippen LogP contribution in [0.5, 0.6) is 0 Å². The largest absolute Gasteiger partial charge is 0.358 e. The topological polar surface area (TPSA) is 65.2 Å². The summed E-state index contributed by atoms with van der Waals surface area (Å²) in [5, 5.41) is 4.26. The van der Waals surface area contributed by atoms with Crippen molar-refractivity contribution in [1.29, 1.82) is 0 Å². The van der Waals surface area contributed by atoms with Crippen molar-refractivity contribution in [2.45, 2.75) is 57.9 Å².